The van der Waals surface area contributed by atoms with Gasteiger partial charge in [0.15, 0.2) is 0 Å². The van der Waals surface area contributed by atoms with Crippen molar-refractivity contribution in [3.05, 3.63) is 23.7 Å². The van der Waals surface area contributed by atoms with Crippen LogP contribution in [0.1, 0.15) is 50.2 Å². The Balaban J connectivity index is 1.77. The van der Waals surface area contributed by atoms with Gasteiger partial charge in [-0.05, 0) is 58.7 Å². The maximum atomic E-state index is 5.82. The fourth-order valence-corrected chi connectivity index (χ4v) is 3.91. The summed E-state index contributed by atoms with van der Waals surface area (Å²) in [5.41, 5.74) is 0. The lowest BCUT2D eigenvalue weighted by molar-refractivity contribution is 0.0684. The normalized spacial score (nSPS) is 33.8. The van der Waals surface area contributed by atoms with Crippen LogP contribution in [-0.4, -0.2) is 30.1 Å². The van der Waals surface area contributed by atoms with Gasteiger partial charge in [-0.2, -0.15) is 0 Å². The van der Waals surface area contributed by atoms with E-state index in [0.29, 0.717) is 12.1 Å². The van der Waals surface area contributed by atoms with Gasteiger partial charge in [0.1, 0.15) is 11.5 Å². The minimum atomic E-state index is 0.425. The summed E-state index contributed by atoms with van der Waals surface area (Å²) < 4.78 is 5.82. The summed E-state index contributed by atoms with van der Waals surface area (Å²) in [4.78, 5) is 2.70. The van der Waals surface area contributed by atoms with E-state index in [2.05, 4.69) is 36.3 Å². The van der Waals surface area contributed by atoms with Gasteiger partial charge in [-0.3, -0.25) is 4.90 Å². The highest BCUT2D eigenvalue weighted by molar-refractivity contribution is 5.12. The summed E-state index contributed by atoms with van der Waals surface area (Å²) in [6.07, 6.45) is 5.29. The smallest absolute Gasteiger partial charge is 0.121 e. The number of hydrogen-bond donors (Lipinski definition) is 1. The Kier molecular flexibility index (Phi) is 3.20. The number of aryl methyl sites for hydroxylation is 1. The van der Waals surface area contributed by atoms with E-state index in [1.54, 1.807) is 0 Å². The molecule has 0 radical (unpaired) electrons. The van der Waals surface area contributed by atoms with Crippen molar-refractivity contribution in [3.8, 4) is 0 Å². The first-order chi connectivity index (χ1) is 8.69. The molecule has 3 heterocycles. The second kappa shape index (κ2) is 4.71. The standard InChI is InChI=1S/C15H24N2O/c1-10-4-7-15(18-10)11(2)17-13-5-6-14(17)9-12(8-13)16-3/h4,7,11-14,16H,5-6,8-9H2,1-3H3. The van der Waals surface area contributed by atoms with Gasteiger partial charge >= 0.3 is 0 Å². The van der Waals surface area contributed by atoms with E-state index in [4.69, 9.17) is 4.42 Å². The van der Waals surface area contributed by atoms with Crippen molar-refractivity contribution in [3.63, 3.8) is 0 Å². The lowest BCUT2D eigenvalue weighted by Crippen LogP contribution is -2.49. The van der Waals surface area contributed by atoms with Crippen LogP contribution in [0.15, 0.2) is 16.5 Å². The molecule has 0 saturated carbocycles. The monoisotopic (exact) mass is 248 g/mol. The lowest BCUT2D eigenvalue weighted by Gasteiger charge is -2.41. The summed E-state index contributed by atoms with van der Waals surface area (Å²) in [7, 11) is 2.10. The third kappa shape index (κ3) is 1.99. The average Bonchev–Trinajstić information content (AvgIpc) is 2.90. The molecule has 100 valence electrons. The summed E-state index contributed by atoms with van der Waals surface area (Å²) in [5.74, 6) is 2.15. The largest absolute Gasteiger partial charge is 0.465 e. The van der Waals surface area contributed by atoms with Crippen LogP contribution in [0.3, 0.4) is 0 Å². The Morgan fingerprint density at radius 3 is 2.44 bits per heavy atom. The van der Waals surface area contributed by atoms with Crippen LogP contribution >= 0.6 is 0 Å². The Morgan fingerprint density at radius 2 is 1.94 bits per heavy atom. The highest BCUT2D eigenvalue weighted by atomic mass is 16.3. The quantitative estimate of drug-likeness (QED) is 0.891. The van der Waals surface area contributed by atoms with Crippen LogP contribution in [-0.2, 0) is 0 Å². The number of hydrogen-bond acceptors (Lipinski definition) is 3. The van der Waals surface area contributed by atoms with Crippen molar-refractivity contribution in [2.24, 2.45) is 0 Å². The fourth-order valence-electron chi connectivity index (χ4n) is 3.91. The highest BCUT2D eigenvalue weighted by Crippen LogP contribution is 2.41. The number of nitrogens with one attached hydrogen (secondary N) is 1. The molecule has 2 aliphatic heterocycles. The molecule has 2 aliphatic rings. The van der Waals surface area contributed by atoms with Crippen LogP contribution < -0.4 is 5.32 Å². The Hall–Kier alpha value is -0.800. The molecule has 1 aromatic rings. The van der Waals surface area contributed by atoms with E-state index in [9.17, 15) is 0 Å². The molecule has 2 fully saturated rings. The minimum absolute atomic E-state index is 0.425. The third-order valence-electron chi connectivity index (χ3n) is 4.82. The molecular weight excluding hydrogens is 224 g/mol. The number of piperidine rings is 1. The van der Waals surface area contributed by atoms with E-state index in [0.717, 1.165) is 23.6 Å². The van der Waals surface area contributed by atoms with Crippen LogP contribution in [0.5, 0.6) is 0 Å². The first-order valence-corrected chi connectivity index (χ1v) is 7.20. The molecule has 1 aromatic heterocycles. The van der Waals surface area contributed by atoms with Gasteiger partial charge in [0.05, 0.1) is 6.04 Å². The summed E-state index contributed by atoms with van der Waals surface area (Å²) >= 11 is 0. The van der Waals surface area contributed by atoms with Crippen LogP contribution in [0.25, 0.3) is 0 Å². The van der Waals surface area contributed by atoms with Gasteiger partial charge in [0, 0.05) is 18.1 Å². The van der Waals surface area contributed by atoms with E-state index in [-0.39, 0.29) is 0 Å². The van der Waals surface area contributed by atoms with Crippen molar-refractivity contribution in [2.75, 3.05) is 7.05 Å². The molecule has 0 spiro atoms. The molecule has 0 aliphatic carbocycles. The number of rotatable bonds is 3. The van der Waals surface area contributed by atoms with Crippen LogP contribution in [0.2, 0.25) is 0 Å². The zero-order valence-electron chi connectivity index (χ0n) is 11.6. The number of furan rings is 1. The van der Waals surface area contributed by atoms with Crippen molar-refractivity contribution < 1.29 is 4.42 Å². The van der Waals surface area contributed by atoms with Crippen molar-refractivity contribution in [1.29, 1.82) is 0 Å². The molecule has 0 amide bonds. The maximum absolute atomic E-state index is 5.82. The molecule has 3 nitrogen and oxygen atoms in total. The molecule has 0 aromatic carbocycles. The molecular formula is C15H24N2O. The van der Waals surface area contributed by atoms with E-state index < -0.39 is 0 Å². The van der Waals surface area contributed by atoms with E-state index in [1.807, 2.05) is 6.92 Å². The van der Waals surface area contributed by atoms with Crippen LogP contribution in [0, 0.1) is 6.92 Å². The van der Waals surface area contributed by atoms with Gasteiger partial charge in [0.2, 0.25) is 0 Å². The van der Waals surface area contributed by atoms with Crippen molar-refractivity contribution in [2.45, 2.75) is 63.7 Å². The van der Waals surface area contributed by atoms with E-state index >= 15 is 0 Å². The summed E-state index contributed by atoms with van der Waals surface area (Å²) in [6.45, 7) is 4.32. The molecule has 2 bridgehead atoms. The topological polar surface area (TPSA) is 28.4 Å². The zero-order valence-corrected chi connectivity index (χ0v) is 11.6. The van der Waals surface area contributed by atoms with Gasteiger partial charge in [0.25, 0.3) is 0 Å². The first kappa shape index (κ1) is 12.2. The Bertz CT molecular complexity index is 400. The molecule has 2 saturated heterocycles. The minimum Gasteiger partial charge on any atom is -0.465 e. The fraction of sp³-hybridized carbons (Fsp3) is 0.733. The Morgan fingerprint density at radius 1 is 1.28 bits per heavy atom. The molecule has 3 unspecified atom stereocenters. The zero-order chi connectivity index (χ0) is 12.7. The highest BCUT2D eigenvalue weighted by Gasteiger charge is 2.43. The maximum Gasteiger partial charge on any atom is 0.121 e. The summed E-state index contributed by atoms with van der Waals surface area (Å²) in [5, 5.41) is 3.46. The average molecular weight is 248 g/mol. The van der Waals surface area contributed by atoms with E-state index in [1.165, 1.54) is 25.7 Å². The van der Waals surface area contributed by atoms with Gasteiger partial charge < -0.3 is 9.73 Å². The third-order valence-corrected chi connectivity index (χ3v) is 4.82. The SMILES string of the molecule is CNC1CC2CCC(C1)N2C(C)c1ccc(C)o1. The first-order valence-electron chi connectivity index (χ1n) is 7.20. The summed E-state index contributed by atoms with van der Waals surface area (Å²) in [6, 6.07) is 6.83. The second-order valence-electron chi connectivity index (χ2n) is 5.91. The Labute approximate surface area is 110 Å². The second-order valence-corrected chi connectivity index (χ2v) is 5.91. The molecule has 3 atom stereocenters. The van der Waals surface area contributed by atoms with Gasteiger partial charge in [-0.1, -0.05) is 0 Å². The number of nitrogens with zero attached hydrogens (tertiary/aromatic N) is 1. The van der Waals surface area contributed by atoms with Gasteiger partial charge in [-0.25, -0.2) is 0 Å². The predicted molar refractivity (Wildman–Crippen MR) is 72.6 cm³/mol. The molecule has 3 heteroatoms. The lowest BCUT2D eigenvalue weighted by atomic mass is 9.95. The van der Waals surface area contributed by atoms with Crippen LogP contribution in [0.4, 0.5) is 0 Å². The molecule has 3 rings (SSSR count). The molecule has 18 heavy (non-hydrogen) atoms. The van der Waals surface area contributed by atoms with Gasteiger partial charge in [-0.15, -0.1) is 0 Å². The predicted octanol–water partition coefficient (Wildman–Crippen LogP) is 2.86. The number of fused-ring (bicyclic) bond motifs is 2. The van der Waals surface area contributed by atoms with Crippen molar-refractivity contribution >= 4 is 0 Å². The van der Waals surface area contributed by atoms with Crippen molar-refractivity contribution in [1.82, 2.24) is 10.2 Å². The molecule has 1 N–H and O–H groups in total.